The molecular weight excluding hydrogens is 198 g/mol. The van der Waals surface area contributed by atoms with Gasteiger partial charge in [0.2, 0.25) is 0 Å². The Balaban J connectivity index is 2.32. The summed E-state index contributed by atoms with van der Waals surface area (Å²) in [5, 5.41) is 8.56. The molecule has 0 aromatic carbocycles. The summed E-state index contributed by atoms with van der Waals surface area (Å²) in [6, 6.07) is 3.69. The molecule has 0 unspecified atom stereocenters. The number of aryl methyl sites for hydroxylation is 1. The summed E-state index contributed by atoms with van der Waals surface area (Å²) in [6.07, 6.45) is 2.62. The lowest BCUT2D eigenvalue weighted by molar-refractivity contribution is 0.101. The van der Waals surface area contributed by atoms with Gasteiger partial charge in [0.15, 0.2) is 5.78 Å². The molecule has 0 aliphatic carbocycles. The van der Waals surface area contributed by atoms with Gasteiger partial charge in [0, 0.05) is 19.9 Å². The van der Waals surface area contributed by atoms with Gasteiger partial charge in [-0.15, -0.1) is 0 Å². The first-order valence-electron chi connectivity index (χ1n) is 4.59. The predicted molar refractivity (Wildman–Crippen MR) is 58.8 cm³/mol. The molecule has 1 N–H and O–H groups in total. The topological polar surface area (TPSA) is 42.2 Å². The predicted octanol–water partition coefficient (Wildman–Crippen LogP) is 1.32. The van der Waals surface area contributed by atoms with Crippen LogP contribution in [0.4, 0.5) is 0 Å². The molecule has 0 saturated carbocycles. The average Bonchev–Trinajstić information content (AvgIpc) is 2.59. The second-order valence-electron chi connectivity index (χ2n) is 3.06. The SMILES string of the molecule is Cn1cccc1C(=O)CSCCCO. The monoisotopic (exact) mass is 213 g/mol. The number of thioether (sulfide) groups is 1. The molecule has 0 radical (unpaired) electrons. The Labute approximate surface area is 88.1 Å². The van der Waals surface area contributed by atoms with E-state index in [4.69, 9.17) is 5.11 Å². The van der Waals surface area contributed by atoms with E-state index in [9.17, 15) is 4.79 Å². The number of Topliss-reactive ketones (excluding diaryl/α,β-unsaturated/α-hetero) is 1. The number of aliphatic hydroxyl groups is 1. The second kappa shape index (κ2) is 5.88. The first kappa shape index (κ1) is 11.3. The van der Waals surface area contributed by atoms with Crippen LogP contribution in [-0.2, 0) is 7.05 Å². The highest BCUT2D eigenvalue weighted by Crippen LogP contribution is 2.08. The van der Waals surface area contributed by atoms with Gasteiger partial charge in [-0.25, -0.2) is 0 Å². The van der Waals surface area contributed by atoms with Gasteiger partial charge in [-0.3, -0.25) is 4.79 Å². The minimum Gasteiger partial charge on any atom is -0.396 e. The Morgan fingerprint density at radius 3 is 3.00 bits per heavy atom. The zero-order chi connectivity index (χ0) is 10.4. The van der Waals surface area contributed by atoms with Crippen LogP contribution in [0.15, 0.2) is 18.3 Å². The fourth-order valence-electron chi connectivity index (χ4n) is 1.16. The second-order valence-corrected chi connectivity index (χ2v) is 4.16. The quantitative estimate of drug-likeness (QED) is 0.572. The van der Waals surface area contributed by atoms with E-state index < -0.39 is 0 Å². The number of carbonyl (C=O) groups excluding carboxylic acids is 1. The summed E-state index contributed by atoms with van der Waals surface area (Å²) < 4.78 is 1.83. The molecule has 0 spiro atoms. The molecule has 1 aromatic heterocycles. The van der Waals surface area contributed by atoms with Gasteiger partial charge in [0.1, 0.15) is 0 Å². The third-order valence-corrected chi connectivity index (χ3v) is 2.95. The van der Waals surface area contributed by atoms with Crippen molar-refractivity contribution in [1.82, 2.24) is 4.57 Å². The summed E-state index contributed by atoms with van der Waals surface area (Å²) in [7, 11) is 1.87. The Hall–Kier alpha value is -0.740. The zero-order valence-electron chi connectivity index (χ0n) is 8.27. The van der Waals surface area contributed by atoms with Gasteiger partial charge in [-0.2, -0.15) is 11.8 Å². The maximum absolute atomic E-state index is 11.6. The lowest BCUT2D eigenvalue weighted by Gasteiger charge is -2.01. The van der Waals surface area contributed by atoms with Crippen LogP contribution < -0.4 is 0 Å². The molecule has 0 aliphatic heterocycles. The highest BCUT2D eigenvalue weighted by atomic mass is 32.2. The van der Waals surface area contributed by atoms with Crippen LogP contribution in [0.2, 0.25) is 0 Å². The van der Waals surface area contributed by atoms with Crippen LogP contribution in [0, 0.1) is 0 Å². The molecule has 0 saturated heterocycles. The third kappa shape index (κ3) is 3.20. The lowest BCUT2D eigenvalue weighted by Crippen LogP contribution is -2.08. The van der Waals surface area contributed by atoms with E-state index in [2.05, 4.69) is 0 Å². The summed E-state index contributed by atoms with van der Waals surface area (Å²) in [5.74, 6) is 1.49. The average molecular weight is 213 g/mol. The summed E-state index contributed by atoms with van der Waals surface area (Å²) in [6.45, 7) is 0.200. The Morgan fingerprint density at radius 2 is 2.43 bits per heavy atom. The highest BCUT2D eigenvalue weighted by molar-refractivity contribution is 7.99. The molecule has 4 heteroatoms. The summed E-state index contributed by atoms with van der Waals surface area (Å²) >= 11 is 1.57. The van der Waals surface area contributed by atoms with Crippen molar-refractivity contribution in [2.24, 2.45) is 7.05 Å². The molecule has 1 rings (SSSR count). The number of aromatic nitrogens is 1. The number of nitrogens with zero attached hydrogens (tertiary/aromatic N) is 1. The maximum atomic E-state index is 11.6. The van der Waals surface area contributed by atoms with Crippen molar-refractivity contribution in [3.63, 3.8) is 0 Å². The smallest absolute Gasteiger partial charge is 0.189 e. The summed E-state index contributed by atoms with van der Waals surface area (Å²) in [4.78, 5) is 11.6. The van der Waals surface area contributed by atoms with Crippen LogP contribution in [-0.4, -0.2) is 33.6 Å². The van der Waals surface area contributed by atoms with Gasteiger partial charge < -0.3 is 9.67 Å². The molecule has 1 heterocycles. The molecule has 14 heavy (non-hydrogen) atoms. The van der Waals surface area contributed by atoms with Crippen molar-refractivity contribution in [1.29, 1.82) is 0 Å². The van der Waals surface area contributed by atoms with Gasteiger partial charge in [0.25, 0.3) is 0 Å². The standard InChI is InChI=1S/C10H15NO2S/c1-11-5-2-4-9(11)10(13)8-14-7-3-6-12/h2,4-5,12H,3,6-8H2,1H3. The first-order chi connectivity index (χ1) is 6.75. The van der Waals surface area contributed by atoms with Gasteiger partial charge in [-0.05, 0) is 24.3 Å². The van der Waals surface area contributed by atoms with Crippen molar-refractivity contribution in [2.45, 2.75) is 6.42 Å². The molecule has 78 valence electrons. The minimum atomic E-state index is 0.153. The largest absolute Gasteiger partial charge is 0.396 e. The molecule has 0 atom stereocenters. The van der Waals surface area contributed by atoms with Crippen LogP contribution in [0.3, 0.4) is 0 Å². The first-order valence-corrected chi connectivity index (χ1v) is 5.74. The molecule has 0 amide bonds. The lowest BCUT2D eigenvalue weighted by atomic mass is 10.3. The molecule has 3 nitrogen and oxygen atoms in total. The van der Waals surface area contributed by atoms with Gasteiger partial charge >= 0.3 is 0 Å². The Kier molecular flexibility index (Phi) is 4.76. The van der Waals surface area contributed by atoms with Crippen LogP contribution >= 0.6 is 11.8 Å². The Bertz CT molecular complexity index is 296. The van der Waals surface area contributed by atoms with E-state index >= 15 is 0 Å². The summed E-state index contributed by atoms with van der Waals surface area (Å²) in [5.41, 5.74) is 0.751. The van der Waals surface area contributed by atoms with Crippen LogP contribution in [0.25, 0.3) is 0 Å². The van der Waals surface area contributed by atoms with E-state index in [0.717, 1.165) is 17.9 Å². The molecule has 0 aliphatic rings. The molecule has 0 fully saturated rings. The zero-order valence-corrected chi connectivity index (χ0v) is 9.09. The number of rotatable bonds is 6. The van der Waals surface area contributed by atoms with Crippen LogP contribution in [0.5, 0.6) is 0 Å². The minimum absolute atomic E-state index is 0.153. The van der Waals surface area contributed by atoms with Crippen molar-refractivity contribution in [2.75, 3.05) is 18.1 Å². The maximum Gasteiger partial charge on any atom is 0.189 e. The molecular formula is C10H15NO2S. The number of ketones is 1. The molecule has 1 aromatic rings. The van der Waals surface area contributed by atoms with Crippen molar-refractivity contribution in [3.05, 3.63) is 24.0 Å². The van der Waals surface area contributed by atoms with E-state index in [1.807, 2.05) is 29.9 Å². The van der Waals surface area contributed by atoms with E-state index in [-0.39, 0.29) is 12.4 Å². The van der Waals surface area contributed by atoms with Crippen LogP contribution in [0.1, 0.15) is 16.9 Å². The highest BCUT2D eigenvalue weighted by Gasteiger charge is 2.07. The number of aliphatic hydroxyl groups excluding tert-OH is 1. The van der Waals surface area contributed by atoms with E-state index in [0.29, 0.717) is 5.75 Å². The number of carbonyl (C=O) groups is 1. The van der Waals surface area contributed by atoms with Crippen molar-refractivity contribution < 1.29 is 9.90 Å². The third-order valence-electron chi connectivity index (χ3n) is 1.91. The van der Waals surface area contributed by atoms with E-state index in [1.54, 1.807) is 11.8 Å². The van der Waals surface area contributed by atoms with Gasteiger partial charge in [-0.1, -0.05) is 0 Å². The fourth-order valence-corrected chi connectivity index (χ4v) is 1.97. The van der Waals surface area contributed by atoms with Gasteiger partial charge in [0.05, 0.1) is 11.4 Å². The number of hydrogen-bond acceptors (Lipinski definition) is 3. The van der Waals surface area contributed by atoms with E-state index in [1.165, 1.54) is 0 Å². The number of hydrogen-bond donors (Lipinski definition) is 1. The molecule has 0 bridgehead atoms. The fraction of sp³-hybridized carbons (Fsp3) is 0.500. The van der Waals surface area contributed by atoms with Crippen molar-refractivity contribution in [3.8, 4) is 0 Å². The van der Waals surface area contributed by atoms with Crippen molar-refractivity contribution >= 4 is 17.5 Å². The normalized spacial score (nSPS) is 10.4. The Morgan fingerprint density at radius 1 is 1.64 bits per heavy atom.